The molecule has 0 aliphatic rings. The van der Waals surface area contributed by atoms with Crippen molar-refractivity contribution in [2.24, 2.45) is 0 Å². The van der Waals surface area contributed by atoms with Crippen molar-refractivity contribution in [2.45, 2.75) is 20.1 Å². The molecule has 0 saturated heterocycles. The number of benzene rings is 2. The second-order valence-electron chi connectivity index (χ2n) is 6.44. The number of aryl methyl sites for hydroxylation is 1. The van der Waals surface area contributed by atoms with Crippen molar-refractivity contribution in [3.63, 3.8) is 0 Å². The number of rotatable bonds is 9. The normalized spacial score (nSPS) is 11.9. The minimum atomic E-state index is -0.954. The lowest BCUT2D eigenvalue weighted by molar-refractivity contribution is -0.114. The van der Waals surface area contributed by atoms with E-state index in [0.29, 0.717) is 17.7 Å². The number of anilines is 2. The van der Waals surface area contributed by atoms with Gasteiger partial charge in [0.2, 0.25) is 0 Å². The minimum Gasteiger partial charge on any atom is -0.394 e. The number of hydrogen-bond acceptors (Lipinski definition) is 6. The number of halogens is 1. The van der Waals surface area contributed by atoms with Crippen LogP contribution in [0.1, 0.15) is 34.6 Å². The molecule has 0 aliphatic carbocycles. The van der Waals surface area contributed by atoms with Crippen molar-refractivity contribution in [2.75, 3.05) is 32.1 Å². The van der Waals surface area contributed by atoms with Gasteiger partial charge >= 0.3 is 0 Å². The molecule has 2 radical (unpaired) electrons. The number of aliphatic hydroxyl groups excluding tert-OH is 2. The fourth-order valence-electron chi connectivity index (χ4n) is 2.79. The first-order valence-electron chi connectivity index (χ1n) is 9.18. The first-order chi connectivity index (χ1) is 13.8. The molecule has 29 heavy (non-hydrogen) atoms. The number of nitrogens with one attached hydrogen (secondary N) is 2. The molecule has 2 aromatic rings. The summed E-state index contributed by atoms with van der Waals surface area (Å²) in [5.74, 6) is -1.08. The molecule has 154 valence electrons. The van der Waals surface area contributed by atoms with Crippen LogP contribution in [0.15, 0.2) is 30.3 Å². The number of hydrogen-bond donors (Lipinski definition) is 4. The van der Waals surface area contributed by atoms with Gasteiger partial charge in [0.25, 0.3) is 5.91 Å². The number of carbonyl (C=O) groups is 1. The highest BCUT2D eigenvalue weighted by atomic mass is 19.1. The van der Waals surface area contributed by atoms with Crippen molar-refractivity contribution >= 4 is 30.6 Å². The molecule has 0 bridgehead atoms. The van der Waals surface area contributed by atoms with Gasteiger partial charge in [0, 0.05) is 12.6 Å². The largest absolute Gasteiger partial charge is 0.394 e. The van der Waals surface area contributed by atoms with Gasteiger partial charge in [0.1, 0.15) is 19.9 Å². The molecule has 2 aromatic carbocycles. The molecule has 9 heteroatoms. The van der Waals surface area contributed by atoms with Crippen molar-refractivity contribution in [3.05, 3.63) is 52.8 Å². The fourth-order valence-corrected chi connectivity index (χ4v) is 2.79. The second kappa shape index (κ2) is 10.4. The van der Waals surface area contributed by atoms with E-state index in [9.17, 15) is 14.3 Å². The lowest BCUT2D eigenvalue weighted by Gasteiger charge is -2.22. The molecule has 0 aromatic heterocycles. The molecule has 0 spiro atoms. The van der Waals surface area contributed by atoms with Gasteiger partial charge in [-0.3, -0.25) is 14.9 Å². The number of aliphatic hydroxyl groups is 2. The second-order valence-corrected chi connectivity index (χ2v) is 6.44. The Bertz CT molecular complexity index is 866. The summed E-state index contributed by atoms with van der Waals surface area (Å²) < 4.78 is 14.3. The van der Waals surface area contributed by atoms with Gasteiger partial charge in [-0.1, -0.05) is 18.5 Å². The fraction of sp³-hybridized carbons (Fsp3) is 0.350. The number of nitrogens with zero attached hydrogens (tertiary/aromatic N) is 1. The van der Waals surface area contributed by atoms with Crippen LogP contribution in [-0.4, -0.2) is 55.8 Å². The van der Waals surface area contributed by atoms with Crippen LogP contribution < -0.4 is 16.1 Å². The summed E-state index contributed by atoms with van der Waals surface area (Å²) in [4.78, 5) is 18.0. The zero-order valence-corrected chi connectivity index (χ0v) is 16.7. The highest BCUT2D eigenvalue weighted by Crippen LogP contribution is 2.29. The molecule has 7 nitrogen and oxygen atoms in total. The summed E-state index contributed by atoms with van der Waals surface area (Å²) >= 11 is 0. The Morgan fingerprint density at radius 1 is 1.31 bits per heavy atom. The Morgan fingerprint density at radius 3 is 2.66 bits per heavy atom. The number of amides is 1. The zero-order valence-electron chi connectivity index (χ0n) is 16.7. The average Bonchev–Trinajstić information content (AvgIpc) is 2.68. The summed E-state index contributed by atoms with van der Waals surface area (Å²) in [7, 11) is 7.01. The van der Waals surface area contributed by atoms with Crippen LogP contribution in [0.3, 0.4) is 0 Å². The Labute approximate surface area is 170 Å². The van der Waals surface area contributed by atoms with Gasteiger partial charge in [0.15, 0.2) is 0 Å². The molecular weight excluding hydrogens is 376 g/mol. The van der Waals surface area contributed by atoms with E-state index < -0.39 is 18.0 Å². The zero-order chi connectivity index (χ0) is 21.6. The standard InChI is InChI=1S/C20H25BFN3O4/c1-4-23-19(27)14-11-18(24-17-6-5-13(21)10-16(17)22)15(9-12(14)2)20(28)25(3)29-8-7-26/h5-6,9-11,19,23-24,26-27H,4,7-8H2,1-3H3. The molecular formula is C20H25BFN3O4. The average molecular weight is 401 g/mol. The number of carbonyl (C=O) groups excluding carboxylic acids is 1. The van der Waals surface area contributed by atoms with Crippen LogP contribution in [-0.2, 0) is 4.84 Å². The van der Waals surface area contributed by atoms with Crippen LogP contribution in [0.25, 0.3) is 0 Å². The van der Waals surface area contributed by atoms with Crippen LogP contribution in [0.2, 0.25) is 0 Å². The predicted molar refractivity (Wildman–Crippen MR) is 110 cm³/mol. The third kappa shape index (κ3) is 5.77. The molecule has 0 heterocycles. The van der Waals surface area contributed by atoms with Crippen LogP contribution in [0, 0.1) is 12.7 Å². The Morgan fingerprint density at radius 2 is 2.03 bits per heavy atom. The smallest absolute Gasteiger partial charge is 0.279 e. The predicted octanol–water partition coefficient (Wildman–Crippen LogP) is 1.27. The topological polar surface area (TPSA) is 94.1 Å². The van der Waals surface area contributed by atoms with Crippen LogP contribution in [0.4, 0.5) is 15.8 Å². The molecule has 0 fully saturated rings. The number of hydroxylamine groups is 2. The van der Waals surface area contributed by atoms with Crippen molar-refractivity contribution in [1.29, 1.82) is 0 Å². The Kier molecular flexibility index (Phi) is 8.15. The van der Waals surface area contributed by atoms with Gasteiger partial charge in [-0.05, 0) is 43.3 Å². The van der Waals surface area contributed by atoms with E-state index in [0.717, 1.165) is 5.06 Å². The Balaban J connectivity index is 2.50. The Hall–Kier alpha value is -2.46. The van der Waals surface area contributed by atoms with Crippen molar-refractivity contribution in [1.82, 2.24) is 10.4 Å². The molecule has 1 amide bonds. The summed E-state index contributed by atoms with van der Waals surface area (Å²) in [6, 6.07) is 7.35. The van der Waals surface area contributed by atoms with Crippen molar-refractivity contribution < 1.29 is 24.2 Å². The lowest BCUT2D eigenvalue weighted by Crippen LogP contribution is -2.29. The highest BCUT2D eigenvalue weighted by Gasteiger charge is 2.21. The summed E-state index contributed by atoms with van der Waals surface area (Å²) in [6.07, 6.45) is -0.954. The molecule has 4 N–H and O–H groups in total. The first kappa shape index (κ1) is 22.8. The minimum absolute atomic E-state index is 0.0478. The SMILES string of the molecule is [B]c1ccc(Nc2cc(C(O)NCC)c(C)cc2C(=O)N(C)OCCO)c(F)c1. The van der Waals surface area contributed by atoms with Gasteiger partial charge < -0.3 is 15.5 Å². The quantitative estimate of drug-likeness (QED) is 0.287. The van der Waals surface area contributed by atoms with Gasteiger partial charge in [-0.2, -0.15) is 0 Å². The first-order valence-corrected chi connectivity index (χ1v) is 9.18. The summed E-state index contributed by atoms with van der Waals surface area (Å²) in [6.45, 7) is 3.86. The van der Waals surface area contributed by atoms with Crippen molar-refractivity contribution in [3.8, 4) is 0 Å². The molecule has 1 unspecified atom stereocenters. The molecule has 0 aliphatic heterocycles. The van der Waals surface area contributed by atoms with Gasteiger partial charge in [-0.25, -0.2) is 9.45 Å². The molecule has 1 atom stereocenters. The van der Waals surface area contributed by atoms with E-state index in [1.54, 1.807) is 19.1 Å². The third-order valence-electron chi connectivity index (χ3n) is 4.25. The van der Waals surface area contributed by atoms with E-state index in [1.165, 1.54) is 25.2 Å². The van der Waals surface area contributed by atoms with Gasteiger partial charge in [-0.15, -0.1) is 0 Å². The van der Waals surface area contributed by atoms with Gasteiger partial charge in [0.05, 0.1) is 30.2 Å². The molecule has 0 saturated carbocycles. The van der Waals surface area contributed by atoms with E-state index in [2.05, 4.69) is 10.6 Å². The monoisotopic (exact) mass is 401 g/mol. The van der Waals surface area contributed by atoms with E-state index >= 15 is 0 Å². The van der Waals surface area contributed by atoms with Crippen LogP contribution >= 0.6 is 0 Å². The third-order valence-corrected chi connectivity index (χ3v) is 4.25. The molecule has 2 rings (SSSR count). The summed E-state index contributed by atoms with van der Waals surface area (Å²) in [5.41, 5.74) is 2.11. The highest BCUT2D eigenvalue weighted by molar-refractivity contribution is 6.32. The maximum atomic E-state index is 14.3. The lowest BCUT2D eigenvalue weighted by atomic mass is 9.96. The maximum Gasteiger partial charge on any atom is 0.279 e. The van der Waals surface area contributed by atoms with E-state index in [4.69, 9.17) is 17.8 Å². The van der Waals surface area contributed by atoms with E-state index in [1.807, 2.05) is 6.92 Å². The maximum absolute atomic E-state index is 14.3. The summed E-state index contributed by atoms with van der Waals surface area (Å²) in [5, 5.41) is 26.1. The van der Waals surface area contributed by atoms with E-state index in [-0.39, 0.29) is 35.6 Å². The van der Waals surface area contributed by atoms with Crippen LogP contribution in [0.5, 0.6) is 0 Å².